The maximum Gasteiger partial charge on any atom is 0.222 e. The van der Waals surface area contributed by atoms with Crippen LogP contribution in [0.15, 0.2) is 28.3 Å². The lowest BCUT2D eigenvalue weighted by Gasteiger charge is -2.10. The molecule has 0 unspecified atom stereocenters. The lowest BCUT2D eigenvalue weighted by atomic mass is 10.1. The first-order valence-corrected chi connectivity index (χ1v) is 9.24. The molecule has 2 aromatic rings. The lowest BCUT2D eigenvalue weighted by molar-refractivity contribution is 0.101. The zero-order valence-electron chi connectivity index (χ0n) is 13.9. The first-order valence-electron chi connectivity index (χ1n) is 7.03. The largest absolute Gasteiger partial charge is 0.497 e. The Morgan fingerprint density at radius 2 is 2.00 bits per heavy atom. The van der Waals surface area contributed by atoms with Gasteiger partial charge in [0.05, 0.1) is 25.5 Å². The van der Waals surface area contributed by atoms with Crippen molar-refractivity contribution in [1.29, 1.82) is 5.26 Å². The summed E-state index contributed by atoms with van der Waals surface area (Å²) >= 11 is 2.44. The van der Waals surface area contributed by atoms with Crippen molar-refractivity contribution in [3.05, 3.63) is 29.3 Å². The molecular weight excluding hydrogens is 360 g/mol. The van der Waals surface area contributed by atoms with Crippen molar-refractivity contribution >= 4 is 35.3 Å². The summed E-state index contributed by atoms with van der Waals surface area (Å²) in [7, 11) is 3.02. The van der Waals surface area contributed by atoms with Crippen LogP contribution in [0, 0.1) is 11.3 Å². The van der Waals surface area contributed by atoms with Gasteiger partial charge in [0.2, 0.25) is 5.95 Å². The van der Waals surface area contributed by atoms with Crippen LogP contribution >= 0.6 is 23.5 Å². The minimum absolute atomic E-state index is 0.0669. The van der Waals surface area contributed by atoms with E-state index in [4.69, 9.17) is 15.2 Å². The van der Waals surface area contributed by atoms with E-state index in [2.05, 4.69) is 16.0 Å². The number of ketones is 1. The van der Waals surface area contributed by atoms with Crippen LogP contribution in [0.4, 0.5) is 5.95 Å². The number of thioether (sulfide) groups is 2. The van der Waals surface area contributed by atoms with E-state index in [9.17, 15) is 10.1 Å². The Morgan fingerprint density at radius 3 is 2.60 bits per heavy atom. The number of nitrogens with zero attached hydrogens (tertiary/aromatic N) is 3. The van der Waals surface area contributed by atoms with Gasteiger partial charge >= 0.3 is 0 Å². The van der Waals surface area contributed by atoms with Crippen molar-refractivity contribution < 1.29 is 14.3 Å². The van der Waals surface area contributed by atoms with Crippen LogP contribution in [-0.2, 0) is 0 Å². The zero-order valence-corrected chi connectivity index (χ0v) is 15.5. The third kappa shape index (κ3) is 4.35. The highest BCUT2D eigenvalue weighted by molar-refractivity contribution is 8.00. The molecule has 0 saturated heterocycles. The molecule has 25 heavy (non-hydrogen) atoms. The average Bonchev–Trinajstić information content (AvgIpc) is 2.64. The molecule has 0 atom stereocenters. The molecule has 1 aromatic heterocycles. The van der Waals surface area contributed by atoms with Crippen molar-refractivity contribution in [3.63, 3.8) is 0 Å². The number of nitrogens with two attached hydrogens (primary N) is 1. The quantitative estimate of drug-likeness (QED) is 0.443. The van der Waals surface area contributed by atoms with Gasteiger partial charge in [0.15, 0.2) is 5.78 Å². The van der Waals surface area contributed by atoms with Crippen LogP contribution < -0.4 is 15.2 Å². The topological polar surface area (TPSA) is 111 Å². The summed E-state index contributed by atoms with van der Waals surface area (Å²) in [6, 6.07) is 7.08. The predicted molar refractivity (Wildman–Crippen MR) is 97.5 cm³/mol. The minimum Gasteiger partial charge on any atom is -0.497 e. The SMILES string of the molecule is COc1ccc(OC)c(C(=O)CSc2nc(N)nc(SC)c2C#N)c1. The molecule has 2 rings (SSSR count). The van der Waals surface area contributed by atoms with E-state index in [1.54, 1.807) is 24.5 Å². The van der Waals surface area contributed by atoms with Crippen LogP contribution in [0.25, 0.3) is 0 Å². The van der Waals surface area contributed by atoms with Gasteiger partial charge in [-0.15, -0.1) is 11.8 Å². The minimum atomic E-state index is -0.174. The second-order valence-electron chi connectivity index (χ2n) is 4.66. The summed E-state index contributed by atoms with van der Waals surface area (Å²) < 4.78 is 10.4. The lowest BCUT2D eigenvalue weighted by Crippen LogP contribution is -2.07. The fourth-order valence-electron chi connectivity index (χ4n) is 2.03. The summed E-state index contributed by atoms with van der Waals surface area (Å²) in [5, 5.41) is 10.2. The number of carbonyl (C=O) groups is 1. The molecule has 2 N–H and O–H groups in total. The van der Waals surface area contributed by atoms with Crippen molar-refractivity contribution in [2.45, 2.75) is 10.1 Å². The van der Waals surface area contributed by atoms with Gasteiger partial charge in [-0.2, -0.15) is 5.26 Å². The van der Waals surface area contributed by atoms with Gasteiger partial charge in [-0.25, -0.2) is 9.97 Å². The van der Waals surface area contributed by atoms with Gasteiger partial charge in [0.1, 0.15) is 33.2 Å². The number of rotatable bonds is 7. The number of nitriles is 1. The smallest absolute Gasteiger partial charge is 0.222 e. The van der Waals surface area contributed by atoms with Crippen LogP contribution in [0.2, 0.25) is 0 Å². The second-order valence-corrected chi connectivity index (χ2v) is 6.42. The highest BCUT2D eigenvalue weighted by Gasteiger charge is 2.18. The van der Waals surface area contributed by atoms with Crippen molar-refractivity contribution in [2.75, 3.05) is 32.0 Å². The summed E-state index contributed by atoms with van der Waals surface area (Å²) in [6.07, 6.45) is 1.79. The normalized spacial score (nSPS) is 10.2. The molecule has 9 heteroatoms. The molecule has 7 nitrogen and oxygen atoms in total. The number of methoxy groups -OCH3 is 2. The Kier molecular flexibility index (Phi) is 6.50. The predicted octanol–water partition coefficient (Wildman–Crippen LogP) is 2.64. The number of aromatic nitrogens is 2. The van der Waals surface area contributed by atoms with E-state index < -0.39 is 0 Å². The Hall–Kier alpha value is -2.44. The molecule has 1 aromatic carbocycles. The zero-order chi connectivity index (χ0) is 18.4. The number of anilines is 1. The van der Waals surface area contributed by atoms with Crippen LogP contribution in [0.5, 0.6) is 11.5 Å². The Balaban J connectivity index is 2.27. The Labute approximate surface area is 153 Å². The van der Waals surface area contributed by atoms with E-state index >= 15 is 0 Å². The molecule has 0 amide bonds. The van der Waals surface area contributed by atoms with Crippen molar-refractivity contribution in [2.24, 2.45) is 0 Å². The van der Waals surface area contributed by atoms with E-state index in [0.717, 1.165) is 11.8 Å². The molecule has 1 heterocycles. The first kappa shape index (κ1) is 18.9. The number of hydrogen-bond acceptors (Lipinski definition) is 9. The molecule has 130 valence electrons. The summed E-state index contributed by atoms with van der Waals surface area (Å²) in [6.45, 7) is 0. The first-order chi connectivity index (χ1) is 12.0. The number of hydrogen-bond donors (Lipinski definition) is 1. The third-order valence-corrected chi connectivity index (χ3v) is 4.87. The molecule has 0 aliphatic carbocycles. The van der Waals surface area contributed by atoms with E-state index in [0.29, 0.717) is 32.7 Å². The molecule has 0 aliphatic rings. The third-order valence-electron chi connectivity index (χ3n) is 3.21. The number of ether oxygens (including phenoxy) is 2. The van der Waals surface area contributed by atoms with Crippen LogP contribution in [-0.4, -0.2) is 42.0 Å². The Bertz CT molecular complexity index is 837. The molecular formula is C16H16N4O3S2. The Morgan fingerprint density at radius 1 is 1.28 bits per heavy atom. The van der Waals surface area contributed by atoms with Crippen LogP contribution in [0.1, 0.15) is 15.9 Å². The maximum absolute atomic E-state index is 12.6. The molecule has 0 saturated carbocycles. The summed E-state index contributed by atoms with van der Waals surface area (Å²) in [5.41, 5.74) is 6.40. The van der Waals surface area contributed by atoms with Crippen molar-refractivity contribution in [3.8, 4) is 17.6 Å². The van der Waals surface area contributed by atoms with Gasteiger partial charge < -0.3 is 15.2 Å². The van der Waals surface area contributed by atoms with Gasteiger partial charge in [-0.1, -0.05) is 11.8 Å². The number of carbonyl (C=O) groups excluding carboxylic acids is 1. The average molecular weight is 376 g/mol. The monoisotopic (exact) mass is 376 g/mol. The van der Waals surface area contributed by atoms with E-state index in [1.165, 1.54) is 26.0 Å². The maximum atomic E-state index is 12.6. The molecule has 0 radical (unpaired) electrons. The standard InChI is InChI=1S/C16H16N4O3S2/c1-22-9-4-5-13(23-2)10(6-9)12(21)8-25-15-11(7-17)14(24-3)19-16(18)20-15/h4-6H,8H2,1-3H3,(H2,18,19,20). The summed E-state index contributed by atoms with van der Waals surface area (Å²) in [4.78, 5) is 20.7. The van der Waals surface area contributed by atoms with Gasteiger partial charge in [0.25, 0.3) is 0 Å². The number of benzene rings is 1. The second kappa shape index (κ2) is 8.60. The highest BCUT2D eigenvalue weighted by Crippen LogP contribution is 2.30. The van der Waals surface area contributed by atoms with E-state index in [1.807, 2.05) is 0 Å². The number of nitrogen functional groups attached to an aromatic ring is 1. The fourth-order valence-corrected chi connectivity index (χ4v) is 3.49. The molecule has 0 bridgehead atoms. The van der Waals surface area contributed by atoms with Crippen molar-refractivity contribution in [1.82, 2.24) is 9.97 Å². The summed E-state index contributed by atoms with van der Waals surface area (Å²) in [5.74, 6) is 0.981. The van der Waals surface area contributed by atoms with Crippen LogP contribution in [0.3, 0.4) is 0 Å². The molecule has 0 aliphatic heterocycles. The van der Waals surface area contributed by atoms with Gasteiger partial charge in [-0.3, -0.25) is 4.79 Å². The molecule has 0 spiro atoms. The molecule has 0 fully saturated rings. The highest BCUT2D eigenvalue weighted by atomic mass is 32.2. The number of Topliss-reactive ketones (excluding diaryl/α,β-unsaturated/α-hetero) is 1. The van der Waals surface area contributed by atoms with E-state index in [-0.39, 0.29) is 17.5 Å². The fraction of sp³-hybridized carbons (Fsp3) is 0.250. The van der Waals surface area contributed by atoms with Gasteiger partial charge in [0, 0.05) is 0 Å². The van der Waals surface area contributed by atoms with Gasteiger partial charge in [-0.05, 0) is 24.5 Å².